The number of hydrogen-bond acceptors (Lipinski definition) is 2. The average Bonchev–Trinajstić information content (AvgIpc) is 0.811. The van der Waals surface area contributed by atoms with Gasteiger partial charge in [0.2, 0.25) is 0 Å². The van der Waals surface area contributed by atoms with E-state index in [0.717, 1.165) is 6.92 Å². The van der Waals surface area contributed by atoms with Gasteiger partial charge in [0, 0.05) is 5.97 Å². The first-order valence-electron chi connectivity index (χ1n) is 0.908. The van der Waals surface area contributed by atoms with Crippen molar-refractivity contribution in [3.05, 3.63) is 0 Å². The maximum Gasteiger partial charge on any atom is 3.00 e. The first-order valence-corrected chi connectivity index (χ1v) is 0.908. The van der Waals surface area contributed by atoms with E-state index in [-0.39, 0.29) is 22.8 Å². The van der Waals surface area contributed by atoms with Gasteiger partial charge < -0.3 is 15.4 Å². The van der Waals surface area contributed by atoms with Crippen molar-refractivity contribution in [2.24, 2.45) is 0 Å². The third kappa shape index (κ3) is 24700. The van der Waals surface area contributed by atoms with Crippen molar-refractivity contribution in [1.82, 2.24) is 0 Å². The zero-order valence-corrected chi connectivity index (χ0v) is 4.41. The third-order valence-electron chi connectivity index (χ3n) is 0. The van der Waals surface area contributed by atoms with Gasteiger partial charge in [-0.2, -0.15) is 0 Å². The standard InChI is InChI=1S/C2H4O2.Cr.O/c1-2(3)4;;/h1H3,(H,3,4);;/q;+3;-2/p-1. The summed E-state index contributed by atoms with van der Waals surface area (Å²) in [6.45, 7) is 0.972. The smallest absolute Gasteiger partial charge is 2.00 e. The summed E-state index contributed by atoms with van der Waals surface area (Å²) in [6, 6.07) is 0. The van der Waals surface area contributed by atoms with Crippen LogP contribution >= 0.6 is 0 Å². The van der Waals surface area contributed by atoms with Crippen LogP contribution in [-0.4, -0.2) is 5.97 Å². The summed E-state index contributed by atoms with van der Waals surface area (Å²) in [4.78, 5) is 8.89. The van der Waals surface area contributed by atoms with Crippen LogP contribution in [-0.2, 0) is 27.6 Å². The van der Waals surface area contributed by atoms with Crippen molar-refractivity contribution in [3.8, 4) is 0 Å². The summed E-state index contributed by atoms with van der Waals surface area (Å²) in [5, 5.41) is 8.89. The molecule has 0 N–H and O–H groups in total. The molecule has 0 heterocycles. The van der Waals surface area contributed by atoms with Gasteiger partial charge in [-0.1, -0.05) is 0 Å². The number of carbonyl (C=O) groups excluding carboxylic acids is 1. The van der Waals surface area contributed by atoms with E-state index in [0.29, 0.717) is 0 Å². The molecule has 0 rings (SSSR count). The molecule has 0 saturated carbocycles. The first kappa shape index (κ1) is 16.7. The Kier molecular flexibility index (Phi) is 24.8. The van der Waals surface area contributed by atoms with Crippen LogP contribution in [0.1, 0.15) is 6.92 Å². The summed E-state index contributed by atoms with van der Waals surface area (Å²) >= 11 is 0. The van der Waals surface area contributed by atoms with Crippen molar-refractivity contribution in [2.45, 2.75) is 6.92 Å². The molecule has 0 atom stereocenters. The Balaban J connectivity index is -0.0000000450. The molecule has 0 saturated heterocycles. The number of carboxylic acids is 1. The average molecular weight is 127 g/mol. The maximum absolute atomic E-state index is 8.89. The minimum atomic E-state index is -1.08. The predicted octanol–water partition coefficient (Wildman–Crippen LogP) is -1.37. The summed E-state index contributed by atoms with van der Waals surface area (Å²) in [7, 11) is 0. The topological polar surface area (TPSA) is 68.6 Å². The van der Waals surface area contributed by atoms with Crippen LogP contribution in [0.2, 0.25) is 0 Å². The van der Waals surface area contributed by atoms with Crippen molar-refractivity contribution < 1.29 is 32.7 Å². The van der Waals surface area contributed by atoms with Crippen molar-refractivity contribution in [2.75, 3.05) is 0 Å². The molecule has 0 unspecified atom stereocenters. The van der Waals surface area contributed by atoms with Gasteiger partial charge >= 0.3 is 17.4 Å². The molecule has 0 amide bonds. The normalized spacial score (nSPS) is 4.17. The number of carbonyl (C=O) groups is 1. The molecule has 6 heavy (non-hydrogen) atoms. The fourth-order valence-electron chi connectivity index (χ4n) is 0. The van der Waals surface area contributed by atoms with Gasteiger partial charge in [-0.05, 0) is 6.92 Å². The van der Waals surface area contributed by atoms with E-state index in [2.05, 4.69) is 0 Å². The van der Waals surface area contributed by atoms with Crippen LogP contribution in [0.4, 0.5) is 0 Å². The van der Waals surface area contributed by atoms with Gasteiger partial charge in [0.1, 0.15) is 0 Å². The van der Waals surface area contributed by atoms with E-state index < -0.39 is 5.97 Å². The van der Waals surface area contributed by atoms with Gasteiger partial charge in [-0.3, -0.25) is 0 Å². The molecule has 0 aliphatic carbocycles. The molecule has 0 fully saturated rings. The number of carboxylic acid groups (broad SMARTS) is 1. The summed E-state index contributed by atoms with van der Waals surface area (Å²) in [5.74, 6) is -1.08. The Morgan fingerprint density at radius 1 is 1.67 bits per heavy atom. The molecule has 0 bridgehead atoms. The van der Waals surface area contributed by atoms with E-state index in [9.17, 15) is 0 Å². The molecule has 0 aliphatic rings. The molecule has 35 valence electrons. The SMILES string of the molecule is CC(=O)[O-].[Cr+3].[O-2]. The van der Waals surface area contributed by atoms with Crippen LogP contribution in [0.5, 0.6) is 0 Å². The quantitative estimate of drug-likeness (QED) is 0.403. The van der Waals surface area contributed by atoms with Gasteiger partial charge in [0.25, 0.3) is 0 Å². The van der Waals surface area contributed by atoms with E-state index in [1.165, 1.54) is 0 Å². The first-order chi connectivity index (χ1) is 1.73. The zero-order chi connectivity index (χ0) is 3.58. The minimum absolute atomic E-state index is 0. The van der Waals surface area contributed by atoms with Gasteiger partial charge in [0.05, 0.1) is 0 Å². The van der Waals surface area contributed by atoms with Crippen LogP contribution in [0, 0.1) is 0 Å². The van der Waals surface area contributed by atoms with E-state index in [4.69, 9.17) is 9.90 Å². The minimum Gasteiger partial charge on any atom is -2.00 e. The second-order valence-electron chi connectivity index (χ2n) is 0.492. The largest absolute Gasteiger partial charge is 3.00 e. The molecule has 0 spiro atoms. The van der Waals surface area contributed by atoms with E-state index >= 15 is 0 Å². The molecule has 4 heteroatoms. The molecule has 3 nitrogen and oxygen atoms in total. The predicted molar refractivity (Wildman–Crippen MR) is 11.4 cm³/mol. The monoisotopic (exact) mass is 127 g/mol. The molecule has 1 radical (unpaired) electrons. The molecule has 0 aromatic heterocycles. The van der Waals surface area contributed by atoms with E-state index in [1.807, 2.05) is 0 Å². The Hall–Kier alpha value is -0.0375. The van der Waals surface area contributed by atoms with Gasteiger partial charge in [-0.25, -0.2) is 0 Å². The second-order valence-corrected chi connectivity index (χ2v) is 0.492. The number of rotatable bonds is 0. The summed E-state index contributed by atoms with van der Waals surface area (Å²) in [6.07, 6.45) is 0. The summed E-state index contributed by atoms with van der Waals surface area (Å²) < 4.78 is 0. The van der Waals surface area contributed by atoms with Crippen LogP contribution in [0.3, 0.4) is 0 Å². The molecular weight excluding hydrogens is 124 g/mol. The van der Waals surface area contributed by atoms with E-state index in [1.54, 1.807) is 0 Å². The molecule has 0 aliphatic heterocycles. The Bertz CT molecular complexity index is 31.8. The molecule has 0 aromatic carbocycles. The zero-order valence-electron chi connectivity index (χ0n) is 3.13. The van der Waals surface area contributed by atoms with Crippen LogP contribution in [0.15, 0.2) is 0 Å². The Morgan fingerprint density at radius 3 is 1.67 bits per heavy atom. The Labute approximate surface area is 46.4 Å². The summed E-state index contributed by atoms with van der Waals surface area (Å²) in [5.41, 5.74) is 0. The third-order valence-corrected chi connectivity index (χ3v) is 0. The van der Waals surface area contributed by atoms with Crippen molar-refractivity contribution in [1.29, 1.82) is 0 Å². The fourth-order valence-corrected chi connectivity index (χ4v) is 0. The van der Waals surface area contributed by atoms with Crippen molar-refractivity contribution in [3.63, 3.8) is 0 Å². The van der Waals surface area contributed by atoms with Gasteiger partial charge in [0.15, 0.2) is 0 Å². The maximum atomic E-state index is 8.89. The number of aliphatic carboxylic acids is 1. The van der Waals surface area contributed by atoms with Crippen LogP contribution < -0.4 is 5.11 Å². The Morgan fingerprint density at radius 2 is 1.67 bits per heavy atom. The van der Waals surface area contributed by atoms with Crippen LogP contribution in [0.25, 0.3) is 0 Å². The number of hydrogen-bond donors (Lipinski definition) is 0. The second kappa shape index (κ2) is 8.88. The molecule has 0 aromatic rings. The molecular formula is C2H3CrO3. The van der Waals surface area contributed by atoms with Crippen molar-refractivity contribution >= 4 is 5.97 Å². The van der Waals surface area contributed by atoms with Gasteiger partial charge in [-0.15, -0.1) is 0 Å². The fraction of sp³-hybridized carbons (Fsp3) is 0.500.